The molecule has 1 fully saturated rings. The van der Waals surface area contributed by atoms with Crippen LogP contribution < -0.4 is 9.88 Å². The molecule has 6 nitrogen and oxygen atoms in total. The van der Waals surface area contributed by atoms with Crippen LogP contribution in [0, 0.1) is 5.92 Å². The number of rotatable bonds is 5. The zero-order chi connectivity index (χ0) is 16.4. The van der Waals surface area contributed by atoms with Crippen LogP contribution in [0.25, 0.3) is 0 Å². The average Bonchev–Trinajstić information content (AvgIpc) is 2.47. The van der Waals surface area contributed by atoms with E-state index in [2.05, 4.69) is 4.98 Å². The number of sulfonamides is 1. The Kier molecular flexibility index (Phi) is 5.32. The SMILES string of the molecule is CC[C@]1(O)CC[C@@H](COc2ncc(S(N)(=O)=O)cc2Cl)CC1. The molecule has 8 heteroatoms. The monoisotopic (exact) mass is 348 g/mol. The lowest BCUT2D eigenvalue weighted by molar-refractivity contribution is -0.0180. The van der Waals surface area contributed by atoms with Gasteiger partial charge in [-0.25, -0.2) is 18.5 Å². The summed E-state index contributed by atoms with van der Waals surface area (Å²) in [7, 11) is -3.82. The van der Waals surface area contributed by atoms with Crippen molar-refractivity contribution in [2.24, 2.45) is 11.1 Å². The molecular weight excluding hydrogens is 328 g/mol. The lowest BCUT2D eigenvalue weighted by atomic mass is 9.78. The van der Waals surface area contributed by atoms with E-state index >= 15 is 0 Å². The molecule has 124 valence electrons. The van der Waals surface area contributed by atoms with Crippen molar-refractivity contribution >= 4 is 21.6 Å². The highest BCUT2D eigenvalue weighted by Crippen LogP contribution is 2.34. The Morgan fingerprint density at radius 3 is 2.64 bits per heavy atom. The predicted molar refractivity (Wildman–Crippen MR) is 83.3 cm³/mol. The number of hydrogen-bond donors (Lipinski definition) is 2. The van der Waals surface area contributed by atoms with Gasteiger partial charge in [0.2, 0.25) is 15.9 Å². The number of aliphatic hydroxyl groups is 1. The zero-order valence-electron chi connectivity index (χ0n) is 12.5. The maximum Gasteiger partial charge on any atom is 0.239 e. The van der Waals surface area contributed by atoms with Crippen molar-refractivity contribution in [2.45, 2.75) is 49.5 Å². The largest absolute Gasteiger partial charge is 0.476 e. The number of aromatic nitrogens is 1. The minimum absolute atomic E-state index is 0.118. The Bertz CT molecular complexity index is 628. The molecule has 1 aromatic heterocycles. The highest BCUT2D eigenvalue weighted by molar-refractivity contribution is 7.89. The molecule has 1 heterocycles. The van der Waals surface area contributed by atoms with Gasteiger partial charge in [0.05, 0.1) is 18.4 Å². The van der Waals surface area contributed by atoms with Gasteiger partial charge >= 0.3 is 0 Å². The molecule has 1 aliphatic carbocycles. The van der Waals surface area contributed by atoms with Gasteiger partial charge < -0.3 is 9.84 Å². The van der Waals surface area contributed by atoms with Gasteiger partial charge in [0.15, 0.2) is 0 Å². The quantitative estimate of drug-likeness (QED) is 0.848. The Morgan fingerprint density at radius 1 is 1.50 bits per heavy atom. The first-order valence-corrected chi connectivity index (χ1v) is 9.19. The van der Waals surface area contributed by atoms with E-state index in [0.29, 0.717) is 12.5 Å². The molecule has 0 saturated heterocycles. The lowest BCUT2D eigenvalue weighted by Gasteiger charge is -2.35. The molecule has 0 amide bonds. The lowest BCUT2D eigenvalue weighted by Crippen LogP contribution is -2.34. The minimum atomic E-state index is -3.82. The summed E-state index contributed by atoms with van der Waals surface area (Å²) in [6.07, 6.45) is 5.21. The van der Waals surface area contributed by atoms with E-state index in [9.17, 15) is 13.5 Å². The fourth-order valence-electron chi connectivity index (χ4n) is 2.60. The maximum absolute atomic E-state index is 11.2. The molecular formula is C14H21ClN2O4S. The number of nitrogens with two attached hydrogens (primary N) is 1. The van der Waals surface area contributed by atoms with Gasteiger partial charge in [-0.15, -0.1) is 0 Å². The molecule has 0 unspecified atom stereocenters. The summed E-state index contributed by atoms with van der Waals surface area (Å²) in [4.78, 5) is 3.77. The Labute approximate surface area is 135 Å². The van der Waals surface area contributed by atoms with Gasteiger partial charge in [-0.1, -0.05) is 18.5 Å². The summed E-state index contributed by atoms with van der Waals surface area (Å²) in [5.41, 5.74) is -0.538. The van der Waals surface area contributed by atoms with Crippen molar-refractivity contribution in [3.8, 4) is 5.88 Å². The van der Waals surface area contributed by atoms with Crippen LogP contribution in [0.1, 0.15) is 39.0 Å². The first kappa shape index (κ1) is 17.5. The number of ether oxygens (including phenoxy) is 1. The van der Waals surface area contributed by atoms with Gasteiger partial charge in [-0.05, 0) is 44.1 Å². The topological polar surface area (TPSA) is 103 Å². The van der Waals surface area contributed by atoms with Gasteiger partial charge in [-0.2, -0.15) is 0 Å². The number of pyridine rings is 1. The fraction of sp³-hybridized carbons (Fsp3) is 0.643. The molecule has 0 radical (unpaired) electrons. The molecule has 0 aliphatic heterocycles. The van der Waals surface area contributed by atoms with Crippen molar-refractivity contribution in [3.63, 3.8) is 0 Å². The standard InChI is InChI=1S/C14H21ClN2O4S/c1-2-14(18)5-3-10(4-6-14)9-21-13-12(15)7-11(8-17-13)22(16,19)20/h7-8,10,18H,2-6,9H2,1H3,(H2,16,19,20)/t10-,14+. The predicted octanol–water partition coefficient (Wildman–Crippen LogP) is 2.09. The third kappa shape index (κ3) is 4.32. The molecule has 0 bridgehead atoms. The highest BCUT2D eigenvalue weighted by Gasteiger charge is 2.31. The van der Waals surface area contributed by atoms with Gasteiger partial charge in [0, 0.05) is 0 Å². The summed E-state index contributed by atoms with van der Waals surface area (Å²) in [5, 5.41) is 15.3. The van der Waals surface area contributed by atoms with Crippen molar-refractivity contribution in [1.82, 2.24) is 4.98 Å². The van der Waals surface area contributed by atoms with E-state index in [1.807, 2.05) is 6.92 Å². The van der Waals surface area contributed by atoms with E-state index < -0.39 is 15.6 Å². The fourth-order valence-corrected chi connectivity index (χ4v) is 3.37. The normalized spacial score (nSPS) is 25.9. The van der Waals surface area contributed by atoms with Crippen LogP contribution in [0.3, 0.4) is 0 Å². The van der Waals surface area contributed by atoms with Crippen LogP contribution in [0.15, 0.2) is 17.2 Å². The molecule has 1 aliphatic rings. The molecule has 22 heavy (non-hydrogen) atoms. The second kappa shape index (κ2) is 6.70. The average molecular weight is 349 g/mol. The van der Waals surface area contributed by atoms with Crippen LogP contribution in [-0.2, 0) is 10.0 Å². The van der Waals surface area contributed by atoms with E-state index in [0.717, 1.165) is 38.3 Å². The molecule has 0 spiro atoms. The molecule has 0 atom stereocenters. The third-order valence-corrected chi connectivity index (χ3v) is 5.41. The number of nitrogens with zero attached hydrogens (tertiary/aromatic N) is 1. The van der Waals surface area contributed by atoms with Crippen molar-refractivity contribution in [1.29, 1.82) is 0 Å². The van der Waals surface area contributed by atoms with Crippen LogP contribution >= 0.6 is 11.6 Å². The van der Waals surface area contributed by atoms with E-state index in [4.69, 9.17) is 21.5 Å². The van der Waals surface area contributed by atoms with E-state index in [1.54, 1.807) is 0 Å². The highest BCUT2D eigenvalue weighted by atomic mass is 35.5. The molecule has 1 saturated carbocycles. The van der Waals surface area contributed by atoms with Crippen LogP contribution in [0.5, 0.6) is 5.88 Å². The summed E-state index contributed by atoms with van der Waals surface area (Å²) >= 11 is 5.97. The second-order valence-corrected chi connectivity index (χ2v) is 7.80. The van der Waals surface area contributed by atoms with Crippen molar-refractivity contribution < 1.29 is 18.3 Å². The van der Waals surface area contributed by atoms with E-state index in [1.165, 1.54) is 6.07 Å². The first-order valence-electron chi connectivity index (χ1n) is 7.27. The summed E-state index contributed by atoms with van der Waals surface area (Å²) in [6, 6.07) is 1.23. The van der Waals surface area contributed by atoms with Crippen molar-refractivity contribution in [3.05, 3.63) is 17.3 Å². The Morgan fingerprint density at radius 2 is 2.14 bits per heavy atom. The van der Waals surface area contributed by atoms with Crippen LogP contribution in [-0.4, -0.2) is 30.7 Å². The van der Waals surface area contributed by atoms with Gasteiger partial charge in [0.1, 0.15) is 9.92 Å². The van der Waals surface area contributed by atoms with Crippen molar-refractivity contribution in [2.75, 3.05) is 6.61 Å². The number of primary sulfonamides is 1. The second-order valence-electron chi connectivity index (χ2n) is 5.84. The molecule has 1 aromatic rings. The molecule has 3 N–H and O–H groups in total. The van der Waals surface area contributed by atoms with Gasteiger partial charge in [-0.3, -0.25) is 0 Å². The number of hydrogen-bond acceptors (Lipinski definition) is 5. The molecule has 2 rings (SSSR count). The first-order chi connectivity index (χ1) is 10.2. The molecule has 0 aromatic carbocycles. The summed E-state index contributed by atoms with van der Waals surface area (Å²) < 4.78 is 28.0. The van der Waals surface area contributed by atoms with Gasteiger partial charge in [0.25, 0.3) is 0 Å². The smallest absolute Gasteiger partial charge is 0.239 e. The number of halogens is 1. The van der Waals surface area contributed by atoms with Crippen LogP contribution in [0.4, 0.5) is 0 Å². The summed E-state index contributed by atoms with van der Waals surface area (Å²) in [6.45, 7) is 2.44. The summed E-state index contributed by atoms with van der Waals surface area (Å²) in [5.74, 6) is 0.535. The van der Waals surface area contributed by atoms with Crippen LogP contribution in [0.2, 0.25) is 5.02 Å². The zero-order valence-corrected chi connectivity index (χ0v) is 14.0. The third-order valence-electron chi connectivity index (χ3n) is 4.26. The Balaban J connectivity index is 1.93. The Hall–Kier alpha value is -0.890. The maximum atomic E-state index is 11.2. The van der Waals surface area contributed by atoms with E-state index in [-0.39, 0.29) is 15.8 Å². The minimum Gasteiger partial charge on any atom is -0.476 e.